The van der Waals surface area contributed by atoms with Crippen LogP contribution in [0.1, 0.15) is 17.9 Å². The first kappa shape index (κ1) is 19.6. The van der Waals surface area contributed by atoms with E-state index in [0.29, 0.717) is 24.6 Å². The molecule has 7 nitrogen and oxygen atoms in total. The molecule has 0 saturated carbocycles. The number of likely N-dealkylation sites (N-methyl/N-ethyl adjacent to an activating group) is 1. The molecule has 1 aliphatic rings. The molecule has 152 valence electrons. The monoisotopic (exact) mass is 411 g/mol. The second-order valence-electron chi connectivity index (χ2n) is 7.36. The first-order valence-electron chi connectivity index (χ1n) is 9.77. The molecule has 3 aromatic rings. The molecule has 0 unspecified atom stereocenters. The number of rotatable bonds is 6. The Morgan fingerprint density at radius 3 is 2.79 bits per heavy atom. The third-order valence-electron chi connectivity index (χ3n) is 5.14. The molecule has 1 N–H and O–H groups in total. The van der Waals surface area contributed by atoms with Crippen LogP contribution in [0.5, 0.6) is 0 Å². The molecule has 4 rings (SSSR count). The lowest BCUT2D eigenvalue weighted by Gasteiger charge is -2.35. The first-order chi connectivity index (χ1) is 14.1. The summed E-state index contributed by atoms with van der Waals surface area (Å²) >= 11 is 1.58. The van der Waals surface area contributed by atoms with E-state index in [1.807, 2.05) is 29.0 Å². The molecule has 2 aromatic heterocycles. The molecule has 1 fully saturated rings. The maximum atomic E-state index is 12.3. The van der Waals surface area contributed by atoms with Gasteiger partial charge in [0, 0.05) is 61.3 Å². The zero-order valence-corrected chi connectivity index (χ0v) is 17.5. The number of thiophene rings is 1. The zero-order chi connectivity index (χ0) is 20.2. The summed E-state index contributed by atoms with van der Waals surface area (Å²) in [6, 6.07) is 8.05. The Balaban J connectivity index is 1.31. The van der Waals surface area contributed by atoms with Crippen molar-refractivity contribution >= 4 is 28.6 Å². The van der Waals surface area contributed by atoms with Crippen LogP contribution < -0.4 is 10.2 Å². The Kier molecular flexibility index (Phi) is 5.92. The van der Waals surface area contributed by atoms with Crippen LogP contribution in [0.15, 0.2) is 39.5 Å². The lowest BCUT2D eigenvalue weighted by Crippen LogP contribution is -2.44. The summed E-state index contributed by atoms with van der Waals surface area (Å²) in [6.07, 6.45) is 0.714. The summed E-state index contributed by atoms with van der Waals surface area (Å²) in [6.45, 7) is 6.29. The minimum atomic E-state index is -0.0629. The number of piperazine rings is 1. The lowest BCUT2D eigenvalue weighted by molar-refractivity contribution is -0.116. The smallest absolute Gasteiger partial charge is 0.227 e. The number of aryl methyl sites for hydroxylation is 2. The Labute approximate surface area is 174 Å². The summed E-state index contributed by atoms with van der Waals surface area (Å²) < 4.78 is 5.25. The average Bonchev–Trinajstić information content (AvgIpc) is 3.39. The molecule has 8 heteroatoms. The second kappa shape index (κ2) is 8.75. The Morgan fingerprint density at radius 2 is 2.07 bits per heavy atom. The van der Waals surface area contributed by atoms with Gasteiger partial charge in [0.15, 0.2) is 0 Å². The van der Waals surface area contributed by atoms with Gasteiger partial charge in [-0.25, -0.2) is 0 Å². The molecule has 0 aliphatic carbocycles. The van der Waals surface area contributed by atoms with Crippen molar-refractivity contribution in [3.05, 3.63) is 46.5 Å². The Hall–Kier alpha value is -2.71. The number of carbonyl (C=O) groups excluding carboxylic acids is 1. The van der Waals surface area contributed by atoms with Crippen LogP contribution in [0.3, 0.4) is 0 Å². The quantitative estimate of drug-likeness (QED) is 0.670. The number of aromatic nitrogens is 2. The van der Waals surface area contributed by atoms with E-state index in [1.54, 1.807) is 11.3 Å². The first-order valence-corrected chi connectivity index (χ1v) is 10.7. The fraction of sp³-hybridized carbons (Fsp3) is 0.381. The van der Waals surface area contributed by atoms with Gasteiger partial charge in [-0.2, -0.15) is 16.3 Å². The van der Waals surface area contributed by atoms with Crippen LogP contribution in [0.25, 0.3) is 11.4 Å². The van der Waals surface area contributed by atoms with Gasteiger partial charge < -0.3 is 19.6 Å². The van der Waals surface area contributed by atoms with Gasteiger partial charge in [-0.05, 0) is 49.2 Å². The number of benzene rings is 1. The van der Waals surface area contributed by atoms with E-state index in [0.717, 1.165) is 37.4 Å². The molecular weight excluding hydrogens is 386 g/mol. The molecule has 1 aliphatic heterocycles. The largest absolute Gasteiger partial charge is 0.369 e. The summed E-state index contributed by atoms with van der Waals surface area (Å²) in [4.78, 5) is 21.4. The van der Waals surface area contributed by atoms with Crippen molar-refractivity contribution in [1.82, 2.24) is 15.0 Å². The molecule has 1 saturated heterocycles. The number of anilines is 2. The van der Waals surface area contributed by atoms with Crippen LogP contribution in [-0.4, -0.2) is 54.2 Å². The van der Waals surface area contributed by atoms with E-state index in [2.05, 4.69) is 45.3 Å². The molecule has 0 bridgehead atoms. The molecule has 29 heavy (non-hydrogen) atoms. The average molecular weight is 412 g/mol. The molecule has 0 spiro atoms. The van der Waals surface area contributed by atoms with Crippen molar-refractivity contribution in [2.24, 2.45) is 0 Å². The Morgan fingerprint density at radius 1 is 1.24 bits per heavy atom. The van der Waals surface area contributed by atoms with Crippen LogP contribution >= 0.6 is 11.3 Å². The normalized spacial score (nSPS) is 14.9. The maximum Gasteiger partial charge on any atom is 0.227 e. The predicted octanol–water partition coefficient (Wildman–Crippen LogP) is 3.43. The standard InChI is InChI=1S/C21H25N5O2S/c1-15-13-17(3-4-18(15)26-10-8-25(2)9-11-26)22-19(27)5-6-20-23-21(24-28-20)16-7-12-29-14-16/h3-4,7,12-14H,5-6,8-11H2,1-2H3,(H,22,27). The summed E-state index contributed by atoms with van der Waals surface area (Å²) in [5.41, 5.74) is 4.16. The minimum Gasteiger partial charge on any atom is -0.369 e. The van der Waals surface area contributed by atoms with E-state index >= 15 is 0 Å². The number of hydrogen-bond acceptors (Lipinski definition) is 7. The highest BCUT2D eigenvalue weighted by Crippen LogP contribution is 2.25. The van der Waals surface area contributed by atoms with Crippen LogP contribution in [0.4, 0.5) is 11.4 Å². The van der Waals surface area contributed by atoms with Gasteiger partial charge >= 0.3 is 0 Å². The van der Waals surface area contributed by atoms with Crippen molar-refractivity contribution in [2.45, 2.75) is 19.8 Å². The van der Waals surface area contributed by atoms with Crippen molar-refractivity contribution in [3.63, 3.8) is 0 Å². The number of amides is 1. The van der Waals surface area contributed by atoms with Gasteiger partial charge in [-0.15, -0.1) is 0 Å². The van der Waals surface area contributed by atoms with Gasteiger partial charge in [0.1, 0.15) is 0 Å². The lowest BCUT2D eigenvalue weighted by atomic mass is 10.1. The zero-order valence-electron chi connectivity index (χ0n) is 16.7. The molecular formula is C21H25N5O2S. The van der Waals surface area contributed by atoms with E-state index in [-0.39, 0.29) is 5.91 Å². The van der Waals surface area contributed by atoms with Crippen LogP contribution in [0, 0.1) is 6.92 Å². The number of hydrogen-bond donors (Lipinski definition) is 1. The fourth-order valence-corrected chi connectivity index (χ4v) is 4.08. The van der Waals surface area contributed by atoms with E-state index in [9.17, 15) is 4.79 Å². The summed E-state index contributed by atoms with van der Waals surface area (Å²) in [7, 11) is 2.15. The topological polar surface area (TPSA) is 74.5 Å². The second-order valence-corrected chi connectivity index (χ2v) is 8.14. The van der Waals surface area contributed by atoms with Gasteiger partial charge in [0.2, 0.25) is 17.6 Å². The summed E-state index contributed by atoms with van der Waals surface area (Å²) in [5, 5.41) is 10.9. The molecule has 0 radical (unpaired) electrons. The fourth-order valence-electron chi connectivity index (χ4n) is 3.44. The van der Waals surface area contributed by atoms with E-state index in [1.165, 1.54) is 11.3 Å². The molecule has 1 amide bonds. The summed E-state index contributed by atoms with van der Waals surface area (Å²) in [5.74, 6) is 0.978. The van der Waals surface area contributed by atoms with Crippen molar-refractivity contribution < 1.29 is 9.32 Å². The van der Waals surface area contributed by atoms with Crippen molar-refractivity contribution in [1.29, 1.82) is 0 Å². The highest BCUT2D eigenvalue weighted by Gasteiger charge is 2.16. The van der Waals surface area contributed by atoms with Gasteiger partial charge in [0.25, 0.3) is 0 Å². The highest BCUT2D eigenvalue weighted by atomic mass is 32.1. The number of nitrogens with zero attached hydrogens (tertiary/aromatic N) is 4. The van der Waals surface area contributed by atoms with Crippen molar-refractivity contribution in [2.75, 3.05) is 43.4 Å². The number of nitrogens with one attached hydrogen (secondary N) is 1. The molecule has 3 heterocycles. The third-order valence-corrected chi connectivity index (χ3v) is 5.82. The molecule has 1 aromatic carbocycles. The van der Waals surface area contributed by atoms with Gasteiger partial charge in [-0.1, -0.05) is 5.16 Å². The van der Waals surface area contributed by atoms with Gasteiger partial charge in [-0.3, -0.25) is 4.79 Å². The SMILES string of the molecule is Cc1cc(NC(=O)CCc2nc(-c3ccsc3)no2)ccc1N1CCN(C)CC1. The number of carbonyl (C=O) groups is 1. The van der Waals surface area contributed by atoms with Crippen molar-refractivity contribution in [3.8, 4) is 11.4 Å². The third kappa shape index (κ3) is 4.83. The maximum absolute atomic E-state index is 12.3. The highest BCUT2D eigenvalue weighted by molar-refractivity contribution is 7.08. The Bertz CT molecular complexity index is 961. The van der Waals surface area contributed by atoms with E-state index in [4.69, 9.17) is 4.52 Å². The molecule has 0 atom stereocenters. The van der Waals surface area contributed by atoms with Crippen LogP contribution in [-0.2, 0) is 11.2 Å². The van der Waals surface area contributed by atoms with Gasteiger partial charge in [0.05, 0.1) is 0 Å². The van der Waals surface area contributed by atoms with E-state index < -0.39 is 0 Å². The van der Waals surface area contributed by atoms with Crippen LogP contribution in [0.2, 0.25) is 0 Å². The predicted molar refractivity (Wildman–Crippen MR) is 115 cm³/mol. The minimum absolute atomic E-state index is 0.0629.